The van der Waals surface area contributed by atoms with Gasteiger partial charge in [-0.2, -0.15) is 0 Å². The van der Waals surface area contributed by atoms with E-state index in [4.69, 9.17) is 56.9 Å². The Bertz CT molecular complexity index is 905. The molecular weight excluding hydrogens is 423 g/mol. The molecule has 26 heavy (non-hydrogen) atoms. The van der Waals surface area contributed by atoms with Gasteiger partial charge in [0.2, 0.25) is 0 Å². The number of nitrogens with one attached hydrogen (secondary N) is 2. The normalized spacial score (nSPS) is 10.2. The minimum Gasteiger partial charge on any atom is -0.494 e. The highest BCUT2D eigenvalue weighted by molar-refractivity contribution is 7.80. The van der Waals surface area contributed by atoms with Crippen molar-refractivity contribution in [2.45, 2.75) is 0 Å². The van der Waals surface area contributed by atoms with Crippen molar-refractivity contribution in [1.29, 1.82) is 0 Å². The van der Waals surface area contributed by atoms with Crippen LogP contribution in [0, 0.1) is 0 Å². The van der Waals surface area contributed by atoms with E-state index in [2.05, 4.69) is 10.6 Å². The van der Waals surface area contributed by atoms with Crippen molar-refractivity contribution in [3.63, 3.8) is 0 Å². The Morgan fingerprint density at radius 2 is 1.77 bits per heavy atom. The van der Waals surface area contributed by atoms with Crippen LogP contribution >= 0.6 is 47.0 Å². The first-order chi connectivity index (χ1) is 12.2. The molecule has 0 saturated heterocycles. The highest BCUT2D eigenvalue weighted by Gasteiger charge is 2.18. The number of halogens is 3. The van der Waals surface area contributed by atoms with Gasteiger partial charge in [-0.15, -0.1) is 0 Å². The number of aromatic carboxylic acids is 1. The SMILES string of the molecule is COc1c(Cl)cc(Cl)cc1C(=O)NC(=S)Nc1ccc(C(=O)O)c(Cl)c1. The third-order valence-corrected chi connectivity index (χ3v) is 4.16. The van der Waals surface area contributed by atoms with E-state index in [0.717, 1.165) is 0 Å². The molecule has 2 aromatic carbocycles. The van der Waals surface area contributed by atoms with Crippen molar-refractivity contribution >= 4 is 69.7 Å². The topological polar surface area (TPSA) is 87.7 Å². The molecule has 136 valence electrons. The molecule has 0 aliphatic heterocycles. The van der Waals surface area contributed by atoms with E-state index < -0.39 is 11.9 Å². The maximum atomic E-state index is 12.4. The fraction of sp³-hybridized carbons (Fsp3) is 0.0625. The Morgan fingerprint density at radius 1 is 1.08 bits per heavy atom. The summed E-state index contributed by atoms with van der Waals surface area (Å²) >= 11 is 22.9. The second-order valence-electron chi connectivity index (χ2n) is 4.88. The first-order valence-corrected chi connectivity index (χ1v) is 8.45. The molecule has 0 heterocycles. The molecule has 0 aliphatic rings. The van der Waals surface area contributed by atoms with Gasteiger partial charge < -0.3 is 15.2 Å². The molecule has 3 N–H and O–H groups in total. The smallest absolute Gasteiger partial charge is 0.337 e. The Balaban J connectivity index is 2.14. The average Bonchev–Trinajstić information content (AvgIpc) is 2.53. The number of methoxy groups -OCH3 is 1. The average molecular weight is 434 g/mol. The molecule has 0 spiro atoms. The number of benzene rings is 2. The molecule has 0 aromatic heterocycles. The van der Waals surface area contributed by atoms with Crippen LogP contribution in [0.2, 0.25) is 15.1 Å². The van der Waals surface area contributed by atoms with E-state index in [9.17, 15) is 9.59 Å². The van der Waals surface area contributed by atoms with Gasteiger partial charge in [-0.1, -0.05) is 34.8 Å². The van der Waals surface area contributed by atoms with Crippen LogP contribution in [0.25, 0.3) is 0 Å². The van der Waals surface area contributed by atoms with Crippen LogP contribution in [0.3, 0.4) is 0 Å². The third kappa shape index (κ3) is 4.76. The first kappa shape index (κ1) is 20.3. The number of hydrogen-bond donors (Lipinski definition) is 3. The lowest BCUT2D eigenvalue weighted by atomic mass is 10.2. The number of anilines is 1. The minimum absolute atomic E-state index is 0.0277. The fourth-order valence-electron chi connectivity index (χ4n) is 2.04. The van der Waals surface area contributed by atoms with Gasteiger partial charge in [0.1, 0.15) is 5.75 Å². The molecule has 2 rings (SSSR count). The van der Waals surface area contributed by atoms with Crippen LogP contribution in [0.15, 0.2) is 30.3 Å². The van der Waals surface area contributed by atoms with Gasteiger partial charge >= 0.3 is 5.97 Å². The number of carbonyl (C=O) groups excluding carboxylic acids is 1. The zero-order valence-corrected chi connectivity index (χ0v) is 16.2. The number of carbonyl (C=O) groups is 2. The molecule has 1 amide bonds. The maximum Gasteiger partial charge on any atom is 0.337 e. The minimum atomic E-state index is -1.15. The largest absolute Gasteiger partial charge is 0.494 e. The summed E-state index contributed by atoms with van der Waals surface area (Å²) < 4.78 is 5.12. The monoisotopic (exact) mass is 432 g/mol. The molecule has 0 fully saturated rings. The lowest BCUT2D eigenvalue weighted by Gasteiger charge is -2.13. The summed E-state index contributed by atoms with van der Waals surface area (Å²) in [5, 5.41) is 14.6. The lowest BCUT2D eigenvalue weighted by Crippen LogP contribution is -2.34. The molecule has 0 unspecified atom stereocenters. The van der Waals surface area contributed by atoms with Gasteiger partial charge in [-0.05, 0) is 42.5 Å². The fourth-order valence-corrected chi connectivity index (χ4v) is 3.08. The lowest BCUT2D eigenvalue weighted by molar-refractivity contribution is 0.0697. The van der Waals surface area contributed by atoms with Crippen LogP contribution in [0.1, 0.15) is 20.7 Å². The van der Waals surface area contributed by atoms with E-state index in [1.165, 1.54) is 37.4 Å². The number of carboxylic acids is 1. The maximum absolute atomic E-state index is 12.4. The summed E-state index contributed by atoms with van der Waals surface area (Å²) in [6.07, 6.45) is 0. The molecule has 2 aromatic rings. The van der Waals surface area contributed by atoms with Crippen molar-refractivity contribution in [2.75, 3.05) is 12.4 Å². The van der Waals surface area contributed by atoms with E-state index in [1.807, 2.05) is 0 Å². The van der Waals surface area contributed by atoms with E-state index >= 15 is 0 Å². The predicted octanol–water partition coefficient (Wildman–Crippen LogP) is 4.48. The summed E-state index contributed by atoms with van der Waals surface area (Å²) in [6.45, 7) is 0. The molecule has 0 atom stereocenters. The first-order valence-electron chi connectivity index (χ1n) is 6.91. The second kappa shape index (κ2) is 8.55. The van der Waals surface area contributed by atoms with Gasteiger partial charge in [0.25, 0.3) is 5.91 Å². The quantitative estimate of drug-likeness (QED) is 0.616. The highest BCUT2D eigenvalue weighted by Crippen LogP contribution is 2.32. The van der Waals surface area contributed by atoms with Crippen LogP contribution in [-0.4, -0.2) is 29.2 Å². The molecule has 0 aliphatic carbocycles. The van der Waals surface area contributed by atoms with E-state index in [-0.39, 0.29) is 37.1 Å². The number of ether oxygens (including phenoxy) is 1. The summed E-state index contributed by atoms with van der Waals surface area (Å²) in [5.74, 6) is -1.58. The van der Waals surface area contributed by atoms with Crippen LogP contribution in [0.5, 0.6) is 5.75 Å². The van der Waals surface area contributed by atoms with E-state index in [1.54, 1.807) is 0 Å². The highest BCUT2D eigenvalue weighted by atomic mass is 35.5. The van der Waals surface area contributed by atoms with Crippen LogP contribution in [-0.2, 0) is 0 Å². The Morgan fingerprint density at radius 3 is 2.35 bits per heavy atom. The summed E-state index contributed by atoms with van der Waals surface area (Å²) in [6, 6.07) is 6.99. The van der Waals surface area contributed by atoms with Crippen molar-refractivity contribution < 1.29 is 19.4 Å². The van der Waals surface area contributed by atoms with Gasteiger partial charge in [-0.25, -0.2) is 4.79 Å². The number of hydrogen-bond acceptors (Lipinski definition) is 4. The Hall–Kier alpha value is -2.06. The third-order valence-electron chi connectivity index (χ3n) is 3.14. The number of carboxylic acid groups (broad SMARTS) is 1. The molecule has 0 saturated carbocycles. The van der Waals surface area contributed by atoms with Crippen molar-refractivity contribution in [1.82, 2.24) is 5.32 Å². The Labute approximate surface area is 169 Å². The molecule has 6 nitrogen and oxygen atoms in total. The molecule has 0 bridgehead atoms. The summed E-state index contributed by atoms with van der Waals surface area (Å²) in [5.41, 5.74) is 0.459. The number of amides is 1. The van der Waals surface area contributed by atoms with Crippen molar-refractivity contribution in [3.05, 3.63) is 56.5 Å². The van der Waals surface area contributed by atoms with Gasteiger partial charge in [0.05, 0.1) is 28.3 Å². The van der Waals surface area contributed by atoms with Gasteiger partial charge in [0.15, 0.2) is 5.11 Å². The van der Waals surface area contributed by atoms with Crippen LogP contribution in [0.4, 0.5) is 5.69 Å². The van der Waals surface area contributed by atoms with E-state index in [0.29, 0.717) is 5.69 Å². The summed E-state index contributed by atoms with van der Waals surface area (Å²) in [4.78, 5) is 23.4. The molecule has 0 radical (unpaired) electrons. The predicted molar refractivity (Wildman–Crippen MR) is 105 cm³/mol. The zero-order chi connectivity index (χ0) is 19.4. The number of thiocarbonyl (C=S) groups is 1. The second-order valence-corrected chi connectivity index (χ2v) is 6.54. The molecular formula is C16H11Cl3N2O4S. The van der Waals surface area contributed by atoms with Crippen molar-refractivity contribution in [3.8, 4) is 5.75 Å². The molecule has 10 heteroatoms. The van der Waals surface area contributed by atoms with Gasteiger partial charge in [-0.3, -0.25) is 10.1 Å². The standard InChI is InChI=1S/C16H11Cl3N2O4S/c1-25-13-10(4-7(17)5-12(13)19)14(22)21-16(26)20-8-2-3-9(15(23)24)11(18)6-8/h2-6H,1H3,(H,23,24)(H2,20,21,22,26). The van der Waals surface area contributed by atoms with Crippen LogP contribution < -0.4 is 15.4 Å². The zero-order valence-electron chi connectivity index (χ0n) is 13.1. The Kier molecular flexibility index (Phi) is 6.66. The number of rotatable bonds is 4. The van der Waals surface area contributed by atoms with Gasteiger partial charge in [0, 0.05) is 10.7 Å². The summed E-state index contributed by atoms with van der Waals surface area (Å²) in [7, 11) is 1.37. The van der Waals surface area contributed by atoms with Crippen molar-refractivity contribution in [2.24, 2.45) is 0 Å².